The van der Waals surface area contributed by atoms with Crippen LogP contribution in [-0.2, 0) is 17.9 Å². The van der Waals surface area contributed by atoms with Crippen LogP contribution in [0.3, 0.4) is 0 Å². The summed E-state index contributed by atoms with van der Waals surface area (Å²) in [5.74, 6) is 1.74. The highest BCUT2D eigenvalue weighted by Crippen LogP contribution is 2.31. The molecule has 170 valence electrons. The summed E-state index contributed by atoms with van der Waals surface area (Å²) in [5.41, 5.74) is 4.77. The van der Waals surface area contributed by atoms with E-state index in [-0.39, 0.29) is 11.8 Å². The van der Waals surface area contributed by atoms with Crippen molar-refractivity contribution < 1.29 is 4.79 Å². The number of fused-ring (bicyclic) bond motifs is 1. The lowest BCUT2D eigenvalue weighted by Crippen LogP contribution is -2.40. The molecule has 0 saturated carbocycles. The molecule has 2 unspecified atom stereocenters. The topological polar surface area (TPSA) is 68.8 Å². The Bertz CT molecular complexity index is 957. The van der Waals surface area contributed by atoms with Gasteiger partial charge in [-0.1, -0.05) is 49.4 Å². The van der Waals surface area contributed by atoms with Crippen LogP contribution in [0.4, 0.5) is 5.69 Å². The zero-order valence-electron chi connectivity index (χ0n) is 19.2. The maximum atomic E-state index is 12.1. The number of anilines is 1. The maximum Gasteiger partial charge on any atom is 0.225 e. The summed E-state index contributed by atoms with van der Waals surface area (Å²) in [5, 5.41) is 9.86. The Morgan fingerprint density at radius 3 is 2.72 bits per heavy atom. The third kappa shape index (κ3) is 5.68. The van der Waals surface area contributed by atoms with Gasteiger partial charge in [-0.05, 0) is 48.1 Å². The highest BCUT2D eigenvalue weighted by molar-refractivity contribution is 5.94. The molecule has 2 aromatic carbocycles. The van der Waals surface area contributed by atoms with Gasteiger partial charge >= 0.3 is 0 Å². The van der Waals surface area contributed by atoms with Crippen molar-refractivity contribution in [2.75, 3.05) is 32.0 Å². The second-order valence-electron chi connectivity index (χ2n) is 9.09. The van der Waals surface area contributed by atoms with E-state index in [9.17, 15) is 4.79 Å². The second kappa shape index (κ2) is 10.6. The van der Waals surface area contributed by atoms with Gasteiger partial charge in [0.1, 0.15) is 0 Å². The molecule has 6 nitrogen and oxygen atoms in total. The van der Waals surface area contributed by atoms with E-state index >= 15 is 0 Å². The fourth-order valence-corrected chi connectivity index (χ4v) is 4.86. The van der Waals surface area contributed by atoms with E-state index in [1.807, 2.05) is 18.2 Å². The van der Waals surface area contributed by atoms with Gasteiger partial charge in [0, 0.05) is 51.3 Å². The SMILES string of the molecule is CN=C(NCc1ccccc1CN1CCCC(C)C1)NCC1CC(=O)Nc2ccccc21. The minimum atomic E-state index is 0.0689. The molecule has 0 bridgehead atoms. The molecule has 6 heteroatoms. The number of nitrogens with one attached hydrogen (secondary N) is 3. The third-order valence-electron chi connectivity index (χ3n) is 6.55. The van der Waals surface area contributed by atoms with Crippen LogP contribution in [-0.4, -0.2) is 43.4 Å². The standard InChI is InChI=1S/C26H35N5O/c1-19-8-7-13-31(17-19)18-21-10-4-3-9-20(21)15-28-26(27-2)29-16-22-14-25(32)30-24-12-6-5-11-23(22)24/h3-6,9-12,19,22H,7-8,13-18H2,1-2H3,(H,30,32)(H2,27,28,29). The summed E-state index contributed by atoms with van der Waals surface area (Å²) >= 11 is 0. The van der Waals surface area contributed by atoms with E-state index in [2.05, 4.69) is 63.1 Å². The smallest absolute Gasteiger partial charge is 0.225 e. The zero-order valence-corrected chi connectivity index (χ0v) is 19.2. The molecule has 3 N–H and O–H groups in total. The van der Waals surface area contributed by atoms with Crippen LogP contribution in [0.1, 0.15) is 48.8 Å². The monoisotopic (exact) mass is 433 g/mol. The molecule has 4 rings (SSSR count). The Morgan fingerprint density at radius 2 is 1.91 bits per heavy atom. The molecule has 1 amide bonds. The molecule has 2 aromatic rings. The fraction of sp³-hybridized carbons (Fsp3) is 0.462. The summed E-state index contributed by atoms with van der Waals surface area (Å²) in [7, 11) is 1.79. The number of amides is 1. The summed E-state index contributed by atoms with van der Waals surface area (Å²) in [6, 6.07) is 16.7. The van der Waals surface area contributed by atoms with Gasteiger partial charge in [-0.3, -0.25) is 14.7 Å². The molecule has 2 heterocycles. The van der Waals surface area contributed by atoms with Crippen molar-refractivity contribution in [2.24, 2.45) is 10.9 Å². The van der Waals surface area contributed by atoms with Gasteiger partial charge in [0.25, 0.3) is 0 Å². The summed E-state index contributed by atoms with van der Waals surface area (Å²) in [6.45, 7) is 7.11. The molecule has 1 saturated heterocycles. The lowest BCUT2D eigenvalue weighted by Gasteiger charge is -2.31. The van der Waals surface area contributed by atoms with Crippen molar-refractivity contribution in [3.8, 4) is 0 Å². The van der Waals surface area contributed by atoms with E-state index in [4.69, 9.17) is 0 Å². The van der Waals surface area contributed by atoms with E-state index in [0.717, 1.165) is 30.7 Å². The van der Waals surface area contributed by atoms with Crippen LogP contribution in [0.15, 0.2) is 53.5 Å². The van der Waals surface area contributed by atoms with Crippen molar-refractivity contribution in [3.05, 3.63) is 65.2 Å². The molecule has 0 aromatic heterocycles. The first-order valence-electron chi connectivity index (χ1n) is 11.7. The lowest BCUT2D eigenvalue weighted by molar-refractivity contribution is -0.116. The van der Waals surface area contributed by atoms with Crippen LogP contribution in [0.25, 0.3) is 0 Å². The predicted molar refractivity (Wildman–Crippen MR) is 131 cm³/mol. The fourth-order valence-electron chi connectivity index (χ4n) is 4.86. The number of para-hydroxylation sites is 1. The Kier molecular flexibility index (Phi) is 7.43. The largest absolute Gasteiger partial charge is 0.356 e. The van der Waals surface area contributed by atoms with Gasteiger partial charge in [-0.15, -0.1) is 0 Å². The highest BCUT2D eigenvalue weighted by Gasteiger charge is 2.24. The molecule has 0 radical (unpaired) electrons. The number of hydrogen-bond acceptors (Lipinski definition) is 3. The molecule has 2 aliphatic rings. The number of nitrogens with zero attached hydrogens (tertiary/aromatic N) is 2. The number of rotatable bonds is 6. The normalized spacial score (nSPS) is 21.6. The van der Waals surface area contributed by atoms with Crippen molar-refractivity contribution in [3.63, 3.8) is 0 Å². The van der Waals surface area contributed by atoms with Gasteiger partial charge < -0.3 is 16.0 Å². The Labute approximate surface area is 191 Å². The highest BCUT2D eigenvalue weighted by atomic mass is 16.1. The first-order valence-corrected chi connectivity index (χ1v) is 11.7. The van der Waals surface area contributed by atoms with Crippen molar-refractivity contribution in [1.29, 1.82) is 0 Å². The van der Waals surface area contributed by atoms with E-state index in [0.29, 0.717) is 13.0 Å². The molecular weight excluding hydrogens is 398 g/mol. The molecule has 1 fully saturated rings. The number of guanidine groups is 1. The van der Waals surface area contributed by atoms with E-state index in [1.165, 1.54) is 42.6 Å². The average Bonchev–Trinajstić information content (AvgIpc) is 2.80. The summed E-state index contributed by atoms with van der Waals surface area (Å²) < 4.78 is 0. The second-order valence-corrected chi connectivity index (χ2v) is 9.09. The first-order chi connectivity index (χ1) is 15.6. The third-order valence-corrected chi connectivity index (χ3v) is 6.55. The van der Waals surface area contributed by atoms with Gasteiger partial charge in [0.15, 0.2) is 5.96 Å². The summed E-state index contributed by atoms with van der Waals surface area (Å²) in [6.07, 6.45) is 3.12. The molecule has 2 aliphatic heterocycles. The number of benzene rings is 2. The molecule has 0 spiro atoms. The van der Waals surface area contributed by atoms with Crippen LogP contribution in [0.5, 0.6) is 0 Å². The van der Waals surface area contributed by atoms with Crippen molar-refractivity contribution in [2.45, 2.75) is 45.2 Å². The van der Waals surface area contributed by atoms with Crippen LogP contribution in [0.2, 0.25) is 0 Å². The van der Waals surface area contributed by atoms with Gasteiger partial charge in [0.05, 0.1) is 0 Å². The van der Waals surface area contributed by atoms with Gasteiger partial charge in [-0.2, -0.15) is 0 Å². The Balaban J connectivity index is 1.34. The molecule has 0 aliphatic carbocycles. The van der Waals surface area contributed by atoms with E-state index in [1.54, 1.807) is 7.05 Å². The molecule has 2 atom stereocenters. The van der Waals surface area contributed by atoms with Crippen LogP contribution < -0.4 is 16.0 Å². The number of carbonyl (C=O) groups is 1. The number of likely N-dealkylation sites (tertiary alicyclic amines) is 1. The first kappa shape index (κ1) is 22.3. The number of hydrogen-bond donors (Lipinski definition) is 3. The van der Waals surface area contributed by atoms with Crippen molar-refractivity contribution >= 4 is 17.6 Å². The van der Waals surface area contributed by atoms with Gasteiger partial charge in [0.2, 0.25) is 5.91 Å². The quantitative estimate of drug-likeness (QED) is 0.480. The van der Waals surface area contributed by atoms with Crippen molar-refractivity contribution in [1.82, 2.24) is 15.5 Å². The lowest BCUT2D eigenvalue weighted by atomic mass is 9.90. The Morgan fingerprint density at radius 1 is 1.12 bits per heavy atom. The van der Waals surface area contributed by atoms with Crippen LogP contribution in [0, 0.1) is 5.92 Å². The zero-order chi connectivity index (χ0) is 22.3. The summed E-state index contributed by atoms with van der Waals surface area (Å²) in [4.78, 5) is 19.1. The van der Waals surface area contributed by atoms with Crippen LogP contribution >= 0.6 is 0 Å². The molecular formula is C26H35N5O. The Hall–Kier alpha value is -2.86. The predicted octanol–water partition coefficient (Wildman–Crippen LogP) is 3.71. The maximum absolute atomic E-state index is 12.1. The number of piperidine rings is 1. The average molecular weight is 434 g/mol. The number of aliphatic imine (C=N–C) groups is 1. The minimum Gasteiger partial charge on any atom is -0.356 e. The van der Waals surface area contributed by atoms with E-state index < -0.39 is 0 Å². The molecule has 32 heavy (non-hydrogen) atoms. The number of carbonyl (C=O) groups excluding carboxylic acids is 1. The minimum absolute atomic E-state index is 0.0689. The van der Waals surface area contributed by atoms with Gasteiger partial charge in [-0.25, -0.2) is 0 Å².